The van der Waals surface area contributed by atoms with E-state index in [9.17, 15) is 9.18 Å². The van der Waals surface area contributed by atoms with Crippen molar-refractivity contribution in [3.63, 3.8) is 0 Å². The highest BCUT2D eigenvalue weighted by Gasteiger charge is 2.15. The van der Waals surface area contributed by atoms with Gasteiger partial charge in [0.1, 0.15) is 5.82 Å². The Bertz CT molecular complexity index is 708. The molecule has 0 radical (unpaired) electrons. The van der Waals surface area contributed by atoms with Gasteiger partial charge < -0.3 is 10.6 Å². The molecule has 108 valence electrons. The van der Waals surface area contributed by atoms with E-state index < -0.39 is 0 Å². The van der Waals surface area contributed by atoms with Crippen molar-refractivity contribution in [2.24, 2.45) is 0 Å². The number of hydrogen-bond acceptors (Lipinski definition) is 3. The minimum Gasteiger partial charge on any atom is -0.381 e. The molecule has 1 aliphatic rings. The average Bonchev–Trinajstić information content (AvgIpc) is 2.47. The van der Waals surface area contributed by atoms with Crippen molar-refractivity contribution in [3.8, 4) is 0 Å². The van der Waals surface area contributed by atoms with Gasteiger partial charge in [-0.15, -0.1) is 11.8 Å². The van der Waals surface area contributed by atoms with Crippen LogP contribution in [-0.4, -0.2) is 11.7 Å². The van der Waals surface area contributed by atoms with E-state index in [-0.39, 0.29) is 11.7 Å². The van der Waals surface area contributed by atoms with Crippen molar-refractivity contribution >= 4 is 45.0 Å². The summed E-state index contributed by atoms with van der Waals surface area (Å²) in [5.74, 6) is 0.206. The third-order valence-corrected chi connectivity index (χ3v) is 4.95. The molecule has 0 atom stereocenters. The minimum atomic E-state index is -0.260. The number of anilines is 2. The maximum Gasteiger partial charge on any atom is 0.234 e. The minimum absolute atomic E-state index is 0.0116. The van der Waals surface area contributed by atoms with E-state index in [1.54, 1.807) is 6.07 Å². The summed E-state index contributed by atoms with van der Waals surface area (Å²) in [5, 5.41) is 6.09. The molecule has 0 saturated heterocycles. The highest BCUT2D eigenvalue weighted by atomic mass is 79.9. The van der Waals surface area contributed by atoms with Gasteiger partial charge in [0.25, 0.3) is 0 Å². The number of carbonyl (C=O) groups excluding carboxylic acids is 1. The molecule has 0 unspecified atom stereocenters. The predicted molar refractivity (Wildman–Crippen MR) is 87.2 cm³/mol. The third-order valence-electron chi connectivity index (χ3n) is 3.10. The molecule has 3 rings (SSSR count). The Labute approximate surface area is 134 Å². The smallest absolute Gasteiger partial charge is 0.234 e. The van der Waals surface area contributed by atoms with Gasteiger partial charge in [-0.05, 0) is 42.0 Å². The molecule has 0 bridgehead atoms. The molecule has 21 heavy (non-hydrogen) atoms. The lowest BCUT2D eigenvalue weighted by Gasteiger charge is -2.17. The molecular weight excluding hydrogens is 355 g/mol. The average molecular weight is 367 g/mol. The Kier molecular flexibility index (Phi) is 4.17. The maximum atomic E-state index is 13.2. The first kappa shape index (κ1) is 14.4. The maximum absolute atomic E-state index is 13.2. The monoisotopic (exact) mass is 366 g/mol. The summed E-state index contributed by atoms with van der Waals surface area (Å²) in [6, 6.07) is 10.4. The van der Waals surface area contributed by atoms with Gasteiger partial charge >= 0.3 is 0 Å². The highest BCUT2D eigenvalue weighted by molar-refractivity contribution is 9.10. The lowest BCUT2D eigenvalue weighted by Crippen LogP contribution is -2.18. The van der Waals surface area contributed by atoms with Crippen LogP contribution >= 0.6 is 27.7 Å². The van der Waals surface area contributed by atoms with Gasteiger partial charge in [-0.1, -0.05) is 15.9 Å². The van der Waals surface area contributed by atoms with Crippen LogP contribution in [0.4, 0.5) is 15.8 Å². The van der Waals surface area contributed by atoms with Crippen molar-refractivity contribution in [1.82, 2.24) is 0 Å². The normalized spacial score (nSPS) is 13.5. The van der Waals surface area contributed by atoms with E-state index in [0.717, 1.165) is 26.3 Å². The lowest BCUT2D eigenvalue weighted by molar-refractivity contribution is -0.113. The van der Waals surface area contributed by atoms with Gasteiger partial charge in [0, 0.05) is 21.6 Å². The van der Waals surface area contributed by atoms with Gasteiger partial charge in [0.2, 0.25) is 5.91 Å². The zero-order valence-corrected chi connectivity index (χ0v) is 13.4. The first-order valence-electron chi connectivity index (χ1n) is 6.36. The van der Waals surface area contributed by atoms with Crippen LogP contribution in [-0.2, 0) is 11.3 Å². The second kappa shape index (κ2) is 6.07. The number of benzene rings is 2. The van der Waals surface area contributed by atoms with Crippen molar-refractivity contribution in [2.75, 3.05) is 16.4 Å². The van der Waals surface area contributed by atoms with E-state index in [2.05, 4.69) is 26.6 Å². The standard InChI is InChI=1S/C15H12BrFN2OS/c16-12-3-1-10(17)5-9(12)7-18-11-2-4-14-13(6-11)19-15(20)8-21-14/h1-6,18H,7-8H2,(H,19,20). The van der Waals surface area contributed by atoms with Gasteiger partial charge in [0.15, 0.2) is 0 Å². The summed E-state index contributed by atoms with van der Waals surface area (Å²) in [4.78, 5) is 12.5. The van der Waals surface area contributed by atoms with Gasteiger partial charge in [-0.2, -0.15) is 0 Å². The van der Waals surface area contributed by atoms with Crippen LogP contribution in [0.15, 0.2) is 45.8 Å². The van der Waals surface area contributed by atoms with Gasteiger partial charge in [0.05, 0.1) is 11.4 Å². The predicted octanol–water partition coefficient (Wildman–Crippen LogP) is 4.24. The molecule has 1 heterocycles. The lowest BCUT2D eigenvalue weighted by atomic mass is 10.2. The fraction of sp³-hybridized carbons (Fsp3) is 0.133. The SMILES string of the molecule is O=C1CSc2ccc(NCc3cc(F)ccc3Br)cc2N1. The number of fused-ring (bicyclic) bond motifs is 1. The molecule has 0 saturated carbocycles. The van der Waals surface area contributed by atoms with Crippen LogP contribution in [0, 0.1) is 5.82 Å². The summed E-state index contributed by atoms with van der Waals surface area (Å²) in [5.41, 5.74) is 2.54. The summed E-state index contributed by atoms with van der Waals surface area (Å²) in [7, 11) is 0. The van der Waals surface area contributed by atoms with Crippen LogP contribution in [0.1, 0.15) is 5.56 Å². The molecule has 0 fully saturated rings. The van der Waals surface area contributed by atoms with Crippen LogP contribution < -0.4 is 10.6 Å². The fourth-order valence-corrected chi connectivity index (χ4v) is 3.24. The highest BCUT2D eigenvalue weighted by Crippen LogP contribution is 2.33. The molecule has 2 N–H and O–H groups in total. The zero-order chi connectivity index (χ0) is 14.8. The third kappa shape index (κ3) is 3.39. The number of rotatable bonds is 3. The first-order valence-corrected chi connectivity index (χ1v) is 8.14. The van der Waals surface area contributed by atoms with Crippen molar-refractivity contribution in [3.05, 3.63) is 52.3 Å². The second-order valence-electron chi connectivity index (χ2n) is 4.64. The van der Waals surface area contributed by atoms with Gasteiger partial charge in [-0.25, -0.2) is 4.39 Å². The number of carbonyl (C=O) groups is 1. The number of halogens is 2. The van der Waals surface area contributed by atoms with E-state index in [1.165, 1.54) is 23.9 Å². The number of amides is 1. The molecule has 2 aromatic carbocycles. The Balaban J connectivity index is 1.75. The van der Waals surface area contributed by atoms with E-state index in [1.807, 2.05) is 18.2 Å². The summed E-state index contributed by atoms with van der Waals surface area (Å²) >= 11 is 4.93. The summed E-state index contributed by atoms with van der Waals surface area (Å²) in [6.45, 7) is 0.498. The quantitative estimate of drug-likeness (QED) is 0.853. The van der Waals surface area contributed by atoms with Gasteiger partial charge in [-0.3, -0.25) is 4.79 Å². The van der Waals surface area contributed by atoms with Crippen LogP contribution in [0.2, 0.25) is 0 Å². The molecule has 0 aliphatic carbocycles. The van der Waals surface area contributed by atoms with E-state index in [0.29, 0.717) is 12.3 Å². The number of nitrogens with one attached hydrogen (secondary N) is 2. The largest absolute Gasteiger partial charge is 0.381 e. The molecule has 2 aromatic rings. The Morgan fingerprint density at radius 1 is 1.29 bits per heavy atom. The number of thioether (sulfide) groups is 1. The zero-order valence-electron chi connectivity index (χ0n) is 11.0. The topological polar surface area (TPSA) is 41.1 Å². The van der Waals surface area contributed by atoms with E-state index >= 15 is 0 Å². The van der Waals surface area contributed by atoms with Crippen LogP contribution in [0.3, 0.4) is 0 Å². The summed E-state index contributed by atoms with van der Waals surface area (Å²) < 4.78 is 14.1. The first-order chi connectivity index (χ1) is 10.1. The Morgan fingerprint density at radius 3 is 3.00 bits per heavy atom. The Hall–Kier alpha value is -1.53. The van der Waals surface area contributed by atoms with Crippen molar-refractivity contribution in [2.45, 2.75) is 11.4 Å². The molecule has 3 nitrogen and oxygen atoms in total. The Morgan fingerprint density at radius 2 is 2.14 bits per heavy atom. The van der Waals surface area contributed by atoms with Crippen molar-refractivity contribution < 1.29 is 9.18 Å². The van der Waals surface area contributed by atoms with E-state index in [4.69, 9.17) is 0 Å². The molecule has 0 spiro atoms. The molecule has 1 aliphatic heterocycles. The fourth-order valence-electron chi connectivity index (χ4n) is 2.07. The molecule has 6 heteroatoms. The van der Waals surface area contributed by atoms with Crippen molar-refractivity contribution in [1.29, 1.82) is 0 Å². The second-order valence-corrected chi connectivity index (χ2v) is 6.51. The van der Waals surface area contributed by atoms with Crippen LogP contribution in [0.5, 0.6) is 0 Å². The summed E-state index contributed by atoms with van der Waals surface area (Å²) in [6.07, 6.45) is 0. The van der Waals surface area contributed by atoms with Crippen LogP contribution in [0.25, 0.3) is 0 Å². The number of hydrogen-bond donors (Lipinski definition) is 2. The molecular formula is C15H12BrFN2OS. The molecule has 1 amide bonds. The molecule has 0 aromatic heterocycles.